The zero-order chi connectivity index (χ0) is 15.9. The van der Waals surface area contributed by atoms with Crippen LogP contribution in [-0.4, -0.2) is 31.6 Å². The number of hydrogen-bond donors (Lipinski definition) is 0. The van der Waals surface area contributed by atoms with Gasteiger partial charge in [0.05, 0.1) is 5.69 Å². The molecule has 0 saturated heterocycles. The molecule has 0 saturated carbocycles. The van der Waals surface area contributed by atoms with E-state index in [-0.39, 0.29) is 6.03 Å². The fourth-order valence-corrected chi connectivity index (χ4v) is 3.03. The summed E-state index contributed by atoms with van der Waals surface area (Å²) in [6, 6.07) is 12.9. The van der Waals surface area contributed by atoms with Crippen LogP contribution in [0.1, 0.15) is 16.7 Å². The molecule has 3 heteroatoms. The second-order valence-electron chi connectivity index (χ2n) is 6.19. The van der Waals surface area contributed by atoms with Crippen LogP contribution in [0.4, 0.5) is 10.5 Å². The SMILES string of the molecule is Cc1ccc(-c2cccc3c2N(C(=O)N(C)C)CC3)cc1C. The van der Waals surface area contributed by atoms with E-state index in [0.717, 1.165) is 24.2 Å². The highest BCUT2D eigenvalue weighted by Crippen LogP contribution is 2.39. The molecule has 22 heavy (non-hydrogen) atoms. The number of carbonyl (C=O) groups is 1. The summed E-state index contributed by atoms with van der Waals surface area (Å²) in [4.78, 5) is 16.0. The molecule has 1 aliphatic rings. The molecular weight excluding hydrogens is 272 g/mol. The van der Waals surface area contributed by atoms with Crippen LogP contribution in [0.25, 0.3) is 11.1 Å². The normalized spacial score (nSPS) is 13.2. The summed E-state index contributed by atoms with van der Waals surface area (Å²) in [5.41, 5.74) is 7.22. The second kappa shape index (κ2) is 5.48. The predicted molar refractivity (Wildman–Crippen MR) is 91.5 cm³/mol. The highest BCUT2D eigenvalue weighted by molar-refractivity contribution is 5.99. The lowest BCUT2D eigenvalue weighted by molar-refractivity contribution is 0.224. The van der Waals surface area contributed by atoms with E-state index < -0.39 is 0 Å². The van der Waals surface area contributed by atoms with Crippen molar-refractivity contribution in [2.24, 2.45) is 0 Å². The molecule has 2 aromatic rings. The maximum Gasteiger partial charge on any atom is 0.323 e. The number of hydrogen-bond acceptors (Lipinski definition) is 1. The second-order valence-corrected chi connectivity index (χ2v) is 6.19. The van der Waals surface area contributed by atoms with Gasteiger partial charge in [-0.05, 0) is 42.5 Å². The molecule has 0 spiro atoms. The van der Waals surface area contributed by atoms with Crippen LogP contribution in [0.5, 0.6) is 0 Å². The van der Waals surface area contributed by atoms with Gasteiger partial charge in [-0.15, -0.1) is 0 Å². The third kappa shape index (κ3) is 2.37. The van der Waals surface area contributed by atoms with Crippen LogP contribution in [0.3, 0.4) is 0 Å². The van der Waals surface area contributed by atoms with Crippen molar-refractivity contribution in [2.45, 2.75) is 20.3 Å². The number of aryl methyl sites for hydroxylation is 2. The Labute approximate surface area is 132 Å². The standard InChI is InChI=1S/C19H22N2O/c1-13-8-9-16(12-14(13)2)17-7-5-6-15-10-11-21(18(15)17)19(22)20(3)4/h5-9,12H,10-11H2,1-4H3. The zero-order valence-electron chi connectivity index (χ0n) is 13.7. The minimum atomic E-state index is 0.0510. The average Bonchev–Trinajstić information content (AvgIpc) is 2.93. The highest BCUT2D eigenvalue weighted by Gasteiger charge is 2.28. The summed E-state index contributed by atoms with van der Waals surface area (Å²) in [6.45, 7) is 5.01. The first-order chi connectivity index (χ1) is 10.5. The van der Waals surface area contributed by atoms with E-state index in [4.69, 9.17) is 0 Å². The molecule has 0 bridgehead atoms. The van der Waals surface area contributed by atoms with Crippen LogP contribution in [0.2, 0.25) is 0 Å². The average molecular weight is 294 g/mol. The van der Waals surface area contributed by atoms with Crippen molar-refractivity contribution in [3.8, 4) is 11.1 Å². The Hall–Kier alpha value is -2.29. The number of benzene rings is 2. The van der Waals surface area contributed by atoms with Gasteiger partial charge in [0.2, 0.25) is 0 Å². The molecule has 2 amide bonds. The summed E-state index contributed by atoms with van der Waals surface area (Å²) >= 11 is 0. The number of anilines is 1. The van der Waals surface area contributed by atoms with Gasteiger partial charge in [0.15, 0.2) is 0 Å². The smallest absolute Gasteiger partial charge is 0.323 e. The molecule has 114 valence electrons. The summed E-state index contributed by atoms with van der Waals surface area (Å²) in [5, 5.41) is 0. The molecule has 3 nitrogen and oxygen atoms in total. The quantitative estimate of drug-likeness (QED) is 0.779. The van der Waals surface area contributed by atoms with Crippen molar-refractivity contribution >= 4 is 11.7 Å². The fraction of sp³-hybridized carbons (Fsp3) is 0.316. The van der Waals surface area contributed by atoms with Gasteiger partial charge in [-0.25, -0.2) is 4.79 Å². The van der Waals surface area contributed by atoms with E-state index in [1.807, 2.05) is 4.90 Å². The van der Waals surface area contributed by atoms with Gasteiger partial charge >= 0.3 is 6.03 Å². The summed E-state index contributed by atoms with van der Waals surface area (Å²) in [6.07, 6.45) is 0.924. The lowest BCUT2D eigenvalue weighted by atomic mass is 9.97. The number of rotatable bonds is 1. The predicted octanol–water partition coefficient (Wildman–Crippen LogP) is 4.01. The van der Waals surface area contributed by atoms with Crippen LogP contribution in [0, 0.1) is 13.8 Å². The molecule has 1 aliphatic heterocycles. The summed E-state index contributed by atoms with van der Waals surface area (Å²) in [5.74, 6) is 0. The van der Waals surface area contributed by atoms with Crippen molar-refractivity contribution in [2.75, 3.05) is 25.5 Å². The number of amides is 2. The minimum absolute atomic E-state index is 0.0510. The van der Waals surface area contributed by atoms with E-state index >= 15 is 0 Å². The Balaban J connectivity index is 2.13. The largest absolute Gasteiger partial charge is 0.330 e. The van der Waals surface area contributed by atoms with E-state index in [1.54, 1.807) is 19.0 Å². The van der Waals surface area contributed by atoms with Gasteiger partial charge < -0.3 is 4.90 Å². The number of fused-ring (bicyclic) bond motifs is 1. The number of nitrogens with zero attached hydrogens (tertiary/aromatic N) is 2. The molecule has 2 aromatic carbocycles. The molecule has 0 fully saturated rings. The molecule has 3 rings (SSSR count). The minimum Gasteiger partial charge on any atom is -0.330 e. The Morgan fingerprint density at radius 3 is 2.55 bits per heavy atom. The molecule has 0 radical (unpaired) electrons. The van der Waals surface area contributed by atoms with Gasteiger partial charge in [0.25, 0.3) is 0 Å². The Bertz CT molecular complexity index is 734. The van der Waals surface area contributed by atoms with Crippen molar-refractivity contribution in [1.29, 1.82) is 0 Å². The van der Waals surface area contributed by atoms with Gasteiger partial charge in [0.1, 0.15) is 0 Å². The van der Waals surface area contributed by atoms with Crippen LogP contribution < -0.4 is 4.90 Å². The Morgan fingerprint density at radius 2 is 1.86 bits per heavy atom. The van der Waals surface area contributed by atoms with Gasteiger partial charge in [-0.3, -0.25) is 4.90 Å². The number of para-hydroxylation sites is 1. The molecule has 0 unspecified atom stereocenters. The topological polar surface area (TPSA) is 23.6 Å². The lowest BCUT2D eigenvalue weighted by Crippen LogP contribution is -2.38. The van der Waals surface area contributed by atoms with E-state index in [9.17, 15) is 4.79 Å². The van der Waals surface area contributed by atoms with Crippen LogP contribution in [-0.2, 0) is 6.42 Å². The van der Waals surface area contributed by atoms with Crippen molar-refractivity contribution in [3.63, 3.8) is 0 Å². The van der Waals surface area contributed by atoms with Crippen molar-refractivity contribution in [1.82, 2.24) is 4.90 Å². The maximum atomic E-state index is 12.5. The van der Waals surface area contributed by atoms with Crippen LogP contribution >= 0.6 is 0 Å². The summed E-state index contributed by atoms with van der Waals surface area (Å²) in [7, 11) is 3.61. The van der Waals surface area contributed by atoms with Gasteiger partial charge in [-0.2, -0.15) is 0 Å². The molecule has 0 aliphatic carbocycles. The molecule has 1 heterocycles. The van der Waals surface area contributed by atoms with Gasteiger partial charge in [0, 0.05) is 26.2 Å². The lowest BCUT2D eigenvalue weighted by Gasteiger charge is -2.24. The molecular formula is C19H22N2O. The number of urea groups is 1. The van der Waals surface area contributed by atoms with Crippen LogP contribution in [0.15, 0.2) is 36.4 Å². The highest BCUT2D eigenvalue weighted by atomic mass is 16.2. The third-order valence-electron chi connectivity index (χ3n) is 4.43. The Kier molecular flexibility index (Phi) is 3.65. The Morgan fingerprint density at radius 1 is 1.09 bits per heavy atom. The van der Waals surface area contributed by atoms with E-state index in [2.05, 4.69) is 50.2 Å². The molecule has 0 atom stereocenters. The molecule has 0 aromatic heterocycles. The fourth-order valence-electron chi connectivity index (χ4n) is 3.03. The number of carbonyl (C=O) groups excluding carboxylic acids is 1. The first-order valence-electron chi connectivity index (χ1n) is 7.67. The monoisotopic (exact) mass is 294 g/mol. The zero-order valence-corrected chi connectivity index (χ0v) is 13.7. The van der Waals surface area contributed by atoms with Crippen molar-refractivity contribution in [3.05, 3.63) is 53.1 Å². The molecule has 0 N–H and O–H groups in total. The van der Waals surface area contributed by atoms with E-state index in [1.165, 1.54) is 22.3 Å². The van der Waals surface area contributed by atoms with Crippen molar-refractivity contribution < 1.29 is 4.79 Å². The maximum absolute atomic E-state index is 12.5. The first kappa shape index (κ1) is 14.6. The third-order valence-corrected chi connectivity index (χ3v) is 4.43. The first-order valence-corrected chi connectivity index (χ1v) is 7.67. The van der Waals surface area contributed by atoms with E-state index in [0.29, 0.717) is 0 Å². The van der Waals surface area contributed by atoms with Gasteiger partial charge in [-0.1, -0.05) is 36.4 Å². The summed E-state index contributed by atoms with van der Waals surface area (Å²) < 4.78 is 0.